The van der Waals surface area contributed by atoms with Gasteiger partial charge in [0.25, 0.3) is 5.91 Å². The Morgan fingerprint density at radius 1 is 1.55 bits per heavy atom. The van der Waals surface area contributed by atoms with Gasteiger partial charge in [0.05, 0.1) is 5.01 Å². The van der Waals surface area contributed by atoms with E-state index in [2.05, 4.69) is 31.1 Å². The highest BCUT2D eigenvalue weighted by Crippen LogP contribution is 2.16. The van der Waals surface area contributed by atoms with Crippen molar-refractivity contribution in [1.82, 2.24) is 15.2 Å². The molecule has 1 N–H and O–H groups in total. The summed E-state index contributed by atoms with van der Waals surface area (Å²) in [5.41, 5.74) is 0.616. The number of carbonyl (C=O) groups excluding carboxylic acids is 1. The van der Waals surface area contributed by atoms with Crippen molar-refractivity contribution >= 4 is 42.1 Å². The summed E-state index contributed by atoms with van der Waals surface area (Å²) >= 11 is 1.60. The summed E-state index contributed by atoms with van der Waals surface area (Å²) < 4.78 is 0. The Bertz CT molecular complexity index is 426. The number of hydrogen-bond donors (Lipinski definition) is 1. The third kappa shape index (κ3) is 5.20. The number of halogens is 2. The average molecular weight is 340 g/mol. The molecule has 1 aromatic heterocycles. The van der Waals surface area contributed by atoms with Gasteiger partial charge in [-0.1, -0.05) is 13.8 Å². The number of nitrogens with zero attached hydrogens (tertiary/aromatic N) is 2. The molecule has 1 amide bonds. The molecule has 2 heterocycles. The highest BCUT2D eigenvalue weighted by atomic mass is 35.5. The molecule has 0 spiro atoms. The summed E-state index contributed by atoms with van der Waals surface area (Å²) in [5, 5.41) is 6.30. The maximum absolute atomic E-state index is 12.3. The number of thiazole rings is 1. The third-order valence-corrected chi connectivity index (χ3v) is 3.88. The molecule has 7 heteroatoms. The molecule has 1 aliphatic heterocycles. The van der Waals surface area contributed by atoms with Gasteiger partial charge in [0.1, 0.15) is 5.69 Å². The molecule has 1 unspecified atom stereocenters. The predicted octanol–water partition coefficient (Wildman–Crippen LogP) is 2.62. The van der Waals surface area contributed by atoms with Crippen molar-refractivity contribution in [3.63, 3.8) is 0 Å². The van der Waals surface area contributed by atoms with Gasteiger partial charge >= 0.3 is 0 Å². The van der Waals surface area contributed by atoms with E-state index in [1.165, 1.54) is 0 Å². The molecule has 1 aliphatic rings. The van der Waals surface area contributed by atoms with Gasteiger partial charge in [0, 0.05) is 37.5 Å². The van der Waals surface area contributed by atoms with Crippen LogP contribution in [0.3, 0.4) is 0 Å². The van der Waals surface area contributed by atoms with Gasteiger partial charge in [0.15, 0.2) is 0 Å². The van der Waals surface area contributed by atoms with Crippen molar-refractivity contribution < 1.29 is 4.79 Å². The summed E-state index contributed by atoms with van der Waals surface area (Å²) in [6, 6.07) is 0.372. The molecule has 2 rings (SSSR count). The van der Waals surface area contributed by atoms with E-state index in [4.69, 9.17) is 0 Å². The summed E-state index contributed by atoms with van der Waals surface area (Å²) in [4.78, 5) is 18.6. The zero-order valence-electron chi connectivity index (χ0n) is 12.1. The first-order valence-electron chi connectivity index (χ1n) is 6.53. The molecule has 4 nitrogen and oxygen atoms in total. The van der Waals surface area contributed by atoms with Gasteiger partial charge in [-0.25, -0.2) is 4.98 Å². The zero-order valence-corrected chi connectivity index (χ0v) is 14.5. The average Bonchev–Trinajstić information content (AvgIpc) is 2.75. The van der Waals surface area contributed by atoms with Crippen LogP contribution >= 0.6 is 36.2 Å². The lowest BCUT2D eigenvalue weighted by Crippen LogP contribution is -2.51. The Hall–Kier alpha value is -0.360. The molecule has 0 radical (unpaired) electrons. The van der Waals surface area contributed by atoms with Crippen LogP contribution < -0.4 is 5.32 Å². The van der Waals surface area contributed by atoms with E-state index in [0.717, 1.165) is 31.1 Å². The maximum Gasteiger partial charge on any atom is 0.273 e. The molecule has 1 atom stereocenters. The van der Waals surface area contributed by atoms with Crippen molar-refractivity contribution in [2.24, 2.45) is 5.92 Å². The molecule has 0 aromatic carbocycles. The number of carbonyl (C=O) groups is 1. The minimum atomic E-state index is 0. The van der Waals surface area contributed by atoms with Crippen LogP contribution in [0.15, 0.2) is 5.38 Å². The van der Waals surface area contributed by atoms with Gasteiger partial charge in [-0.15, -0.1) is 36.2 Å². The quantitative estimate of drug-likeness (QED) is 0.920. The lowest BCUT2D eigenvalue weighted by molar-refractivity contribution is 0.0703. The molecular weight excluding hydrogens is 317 g/mol. The highest BCUT2D eigenvalue weighted by Gasteiger charge is 2.23. The lowest BCUT2D eigenvalue weighted by atomic mass is 10.1. The fourth-order valence-electron chi connectivity index (χ4n) is 2.13. The number of amides is 1. The van der Waals surface area contributed by atoms with Crippen LogP contribution in [0.2, 0.25) is 0 Å². The molecule has 116 valence electrons. The second-order valence-electron chi connectivity index (χ2n) is 5.33. The number of nitrogens with one attached hydrogen (secondary N) is 1. The van der Waals surface area contributed by atoms with Crippen molar-refractivity contribution in [2.75, 3.05) is 19.6 Å². The minimum absolute atomic E-state index is 0. The van der Waals surface area contributed by atoms with E-state index in [1.54, 1.807) is 11.3 Å². The zero-order chi connectivity index (χ0) is 13.1. The number of hydrogen-bond acceptors (Lipinski definition) is 4. The SMILES string of the molecule is CC(C)Cc1nc(C(=O)N2CCNC(C)C2)cs1.Cl.Cl. The standard InChI is InChI=1S/C13H21N3OS.2ClH/c1-9(2)6-12-15-11(8-18-12)13(17)16-5-4-14-10(3)7-16;;/h8-10,14H,4-7H2,1-3H3;2*1H. The van der Waals surface area contributed by atoms with E-state index in [1.807, 2.05) is 10.3 Å². The lowest BCUT2D eigenvalue weighted by Gasteiger charge is -2.31. The summed E-state index contributed by atoms with van der Waals surface area (Å²) in [5.74, 6) is 0.660. The van der Waals surface area contributed by atoms with E-state index in [9.17, 15) is 4.79 Å². The first kappa shape index (κ1) is 19.6. The van der Waals surface area contributed by atoms with E-state index >= 15 is 0 Å². The van der Waals surface area contributed by atoms with E-state index in [-0.39, 0.29) is 30.7 Å². The molecule has 0 bridgehead atoms. The van der Waals surface area contributed by atoms with Crippen molar-refractivity contribution in [2.45, 2.75) is 33.2 Å². The first-order chi connectivity index (χ1) is 8.56. The Labute approximate surface area is 137 Å². The summed E-state index contributed by atoms with van der Waals surface area (Å²) in [7, 11) is 0. The molecule has 20 heavy (non-hydrogen) atoms. The topological polar surface area (TPSA) is 45.2 Å². The van der Waals surface area contributed by atoms with Gasteiger partial charge in [-0.3, -0.25) is 4.79 Å². The monoisotopic (exact) mass is 339 g/mol. The van der Waals surface area contributed by atoms with Crippen LogP contribution in [0.4, 0.5) is 0 Å². The van der Waals surface area contributed by atoms with Crippen molar-refractivity contribution in [3.05, 3.63) is 16.1 Å². The largest absolute Gasteiger partial charge is 0.334 e. The fraction of sp³-hybridized carbons (Fsp3) is 0.692. The van der Waals surface area contributed by atoms with Gasteiger partial charge in [-0.05, 0) is 12.8 Å². The smallest absolute Gasteiger partial charge is 0.273 e. The second kappa shape index (κ2) is 8.82. The second-order valence-corrected chi connectivity index (χ2v) is 6.27. The van der Waals surface area contributed by atoms with Crippen molar-refractivity contribution in [3.8, 4) is 0 Å². The predicted molar refractivity (Wildman–Crippen MR) is 88.5 cm³/mol. The normalized spacial score (nSPS) is 18.4. The Morgan fingerprint density at radius 2 is 2.25 bits per heavy atom. The Kier molecular flexibility index (Phi) is 8.66. The van der Waals surface area contributed by atoms with Crippen LogP contribution in [-0.2, 0) is 6.42 Å². The maximum atomic E-state index is 12.3. The van der Waals surface area contributed by atoms with Gasteiger partial charge in [-0.2, -0.15) is 0 Å². The minimum Gasteiger partial charge on any atom is -0.334 e. The van der Waals surface area contributed by atoms with Crippen molar-refractivity contribution in [1.29, 1.82) is 0 Å². The fourth-order valence-corrected chi connectivity index (χ4v) is 3.11. The van der Waals surface area contributed by atoms with Gasteiger partial charge < -0.3 is 10.2 Å². The van der Waals surface area contributed by atoms with Crippen LogP contribution in [0.25, 0.3) is 0 Å². The molecule has 1 fully saturated rings. The Balaban J connectivity index is 0.00000180. The van der Waals surface area contributed by atoms with E-state index in [0.29, 0.717) is 17.7 Å². The van der Waals surface area contributed by atoms with Crippen LogP contribution in [-0.4, -0.2) is 41.5 Å². The third-order valence-electron chi connectivity index (χ3n) is 3.01. The molecule has 0 saturated carbocycles. The van der Waals surface area contributed by atoms with E-state index < -0.39 is 0 Å². The van der Waals surface area contributed by atoms with Crippen LogP contribution in [0.1, 0.15) is 36.3 Å². The molecule has 1 saturated heterocycles. The molecular formula is C13H23Cl2N3OS. The summed E-state index contributed by atoms with van der Waals surface area (Å²) in [6.45, 7) is 8.86. The number of aromatic nitrogens is 1. The van der Waals surface area contributed by atoms with Crippen LogP contribution in [0, 0.1) is 5.92 Å². The Morgan fingerprint density at radius 3 is 2.85 bits per heavy atom. The number of rotatable bonds is 3. The van der Waals surface area contributed by atoms with Crippen LogP contribution in [0.5, 0.6) is 0 Å². The molecule has 0 aliphatic carbocycles. The summed E-state index contributed by atoms with van der Waals surface area (Å²) in [6.07, 6.45) is 0.954. The number of piperazine rings is 1. The molecule has 1 aromatic rings. The highest BCUT2D eigenvalue weighted by molar-refractivity contribution is 7.09. The first-order valence-corrected chi connectivity index (χ1v) is 7.41. The van der Waals surface area contributed by atoms with Gasteiger partial charge in [0.2, 0.25) is 0 Å².